The van der Waals surface area contributed by atoms with Gasteiger partial charge in [-0.3, -0.25) is 5.10 Å². The summed E-state index contributed by atoms with van der Waals surface area (Å²) in [5.41, 5.74) is 8.70. The third-order valence-corrected chi connectivity index (χ3v) is 3.95. The van der Waals surface area contributed by atoms with E-state index >= 15 is 0 Å². The number of hydrogen-bond donors (Lipinski definition) is 2. The fourth-order valence-corrected chi connectivity index (χ4v) is 2.98. The Morgan fingerprint density at radius 3 is 2.76 bits per heavy atom. The second kappa shape index (κ2) is 4.76. The third-order valence-electron chi connectivity index (χ3n) is 3.95. The van der Waals surface area contributed by atoms with Gasteiger partial charge in [0.05, 0.1) is 6.20 Å². The first kappa shape index (κ1) is 12.2. The minimum absolute atomic E-state index is 0.303. The van der Waals surface area contributed by atoms with Crippen LogP contribution in [0.3, 0.4) is 0 Å². The minimum atomic E-state index is 0.303. The first-order chi connectivity index (χ1) is 10.3. The van der Waals surface area contributed by atoms with Crippen molar-refractivity contribution in [2.45, 2.75) is 19.3 Å². The number of H-pyrrole nitrogens is 1. The SMILES string of the molecule is Nc1nc2ccc(-c3cn[nH]c3)c(N3CCCCC3)n2n1. The van der Waals surface area contributed by atoms with E-state index in [1.807, 2.05) is 23.0 Å². The second-order valence-electron chi connectivity index (χ2n) is 5.35. The lowest BCUT2D eigenvalue weighted by atomic mass is 10.1. The van der Waals surface area contributed by atoms with Crippen molar-refractivity contribution in [3.8, 4) is 11.1 Å². The lowest BCUT2D eigenvalue weighted by molar-refractivity contribution is 0.569. The smallest absolute Gasteiger partial charge is 0.240 e. The summed E-state index contributed by atoms with van der Waals surface area (Å²) in [6, 6.07) is 4.01. The maximum Gasteiger partial charge on any atom is 0.240 e. The van der Waals surface area contributed by atoms with Crippen LogP contribution < -0.4 is 10.6 Å². The molecule has 1 aliphatic heterocycles. The monoisotopic (exact) mass is 283 g/mol. The van der Waals surface area contributed by atoms with Crippen LogP contribution in [0.4, 0.5) is 11.8 Å². The summed E-state index contributed by atoms with van der Waals surface area (Å²) >= 11 is 0. The molecule has 7 heteroatoms. The van der Waals surface area contributed by atoms with E-state index in [4.69, 9.17) is 5.73 Å². The molecule has 1 fully saturated rings. The fourth-order valence-electron chi connectivity index (χ4n) is 2.98. The third kappa shape index (κ3) is 2.01. The number of nitrogens with one attached hydrogen (secondary N) is 1. The number of rotatable bonds is 2. The van der Waals surface area contributed by atoms with Gasteiger partial charge < -0.3 is 10.6 Å². The summed E-state index contributed by atoms with van der Waals surface area (Å²) in [6.07, 6.45) is 7.41. The quantitative estimate of drug-likeness (QED) is 0.747. The van der Waals surface area contributed by atoms with Crippen molar-refractivity contribution in [2.75, 3.05) is 23.7 Å². The van der Waals surface area contributed by atoms with Crippen LogP contribution in [0.25, 0.3) is 16.8 Å². The van der Waals surface area contributed by atoms with E-state index < -0.39 is 0 Å². The zero-order valence-electron chi connectivity index (χ0n) is 11.7. The van der Waals surface area contributed by atoms with Gasteiger partial charge in [0.15, 0.2) is 5.65 Å². The summed E-state index contributed by atoms with van der Waals surface area (Å²) in [5.74, 6) is 1.36. The van der Waals surface area contributed by atoms with Crippen LogP contribution in [0.2, 0.25) is 0 Å². The van der Waals surface area contributed by atoms with E-state index in [-0.39, 0.29) is 0 Å². The van der Waals surface area contributed by atoms with Gasteiger partial charge in [-0.15, -0.1) is 5.10 Å². The number of nitrogens with zero attached hydrogens (tertiary/aromatic N) is 5. The number of aromatic nitrogens is 5. The van der Waals surface area contributed by atoms with Crippen LogP contribution in [-0.2, 0) is 0 Å². The highest BCUT2D eigenvalue weighted by atomic mass is 15.4. The molecule has 0 amide bonds. The van der Waals surface area contributed by atoms with E-state index in [2.05, 4.69) is 31.2 Å². The van der Waals surface area contributed by atoms with E-state index in [1.165, 1.54) is 19.3 Å². The van der Waals surface area contributed by atoms with Gasteiger partial charge in [0.25, 0.3) is 0 Å². The fraction of sp³-hybridized carbons (Fsp3) is 0.357. The summed E-state index contributed by atoms with van der Waals surface area (Å²) in [7, 11) is 0. The van der Waals surface area contributed by atoms with E-state index in [1.54, 1.807) is 0 Å². The first-order valence-electron chi connectivity index (χ1n) is 7.22. The average molecular weight is 283 g/mol. The van der Waals surface area contributed by atoms with Gasteiger partial charge >= 0.3 is 0 Å². The maximum absolute atomic E-state index is 5.78. The molecular weight excluding hydrogens is 266 g/mol. The van der Waals surface area contributed by atoms with Crippen LogP contribution in [0.15, 0.2) is 24.5 Å². The highest BCUT2D eigenvalue weighted by molar-refractivity contribution is 5.78. The molecule has 4 rings (SSSR count). The van der Waals surface area contributed by atoms with Crippen molar-refractivity contribution in [3.05, 3.63) is 24.5 Å². The van der Waals surface area contributed by atoms with Crippen molar-refractivity contribution < 1.29 is 0 Å². The molecule has 21 heavy (non-hydrogen) atoms. The Morgan fingerprint density at radius 2 is 2.00 bits per heavy atom. The zero-order chi connectivity index (χ0) is 14.2. The second-order valence-corrected chi connectivity index (χ2v) is 5.35. The zero-order valence-corrected chi connectivity index (χ0v) is 11.7. The Morgan fingerprint density at radius 1 is 1.14 bits per heavy atom. The Labute approximate surface area is 121 Å². The molecule has 0 aromatic carbocycles. The Balaban J connectivity index is 1.95. The number of nitrogens with two attached hydrogens (primary N) is 1. The molecule has 3 N–H and O–H groups in total. The lowest BCUT2D eigenvalue weighted by Crippen LogP contribution is -2.31. The predicted molar refractivity (Wildman–Crippen MR) is 81.0 cm³/mol. The Bertz CT molecular complexity index is 753. The number of pyridine rings is 1. The number of nitrogen functional groups attached to an aromatic ring is 1. The van der Waals surface area contributed by atoms with Crippen molar-refractivity contribution in [1.82, 2.24) is 24.8 Å². The van der Waals surface area contributed by atoms with E-state index in [0.29, 0.717) is 5.95 Å². The number of piperidine rings is 1. The van der Waals surface area contributed by atoms with Crippen LogP contribution in [0, 0.1) is 0 Å². The van der Waals surface area contributed by atoms with Crippen LogP contribution in [0.5, 0.6) is 0 Å². The average Bonchev–Trinajstić information content (AvgIpc) is 3.15. The molecule has 108 valence electrons. The minimum Gasteiger partial charge on any atom is -0.366 e. The molecule has 0 radical (unpaired) electrons. The van der Waals surface area contributed by atoms with Gasteiger partial charge in [-0.25, -0.2) is 0 Å². The van der Waals surface area contributed by atoms with Crippen molar-refractivity contribution in [2.24, 2.45) is 0 Å². The number of anilines is 2. The molecule has 0 unspecified atom stereocenters. The standard InChI is InChI=1S/C14H17N7/c15-14-18-12-5-4-11(10-8-16-17-9-10)13(21(12)19-14)20-6-2-1-3-7-20/h4-5,8-9H,1-3,6-7H2,(H2,15,19)(H,16,17). The molecule has 0 aliphatic carbocycles. The van der Waals surface area contributed by atoms with Crippen molar-refractivity contribution >= 4 is 17.4 Å². The molecule has 0 spiro atoms. The van der Waals surface area contributed by atoms with Gasteiger partial charge in [-0.2, -0.15) is 14.6 Å². The molecular formula is C14H17N7. The molecule has 0 bridgehead atoms. The van der Waals surface area contributed by atoms with Gasteiger partial charge in [0, 0.05) is 30.4 Å². The summed E-state index contributed by atoms with van der Waals surface area (Å²) in [6.45, 7) is 2.06. The molecule has 4 heterocycles. The summed E-state index contributed by atoms with van der Waals surface area (Å²) in [5, 5.41) is 11.3. The Hall–Kier alpha value is -2.57. The number of aromatic amines is 1. The molecule has 0 atom stereocenters. The highest BCUT2D eigenvalue weighted by Gasteiger charge is 2.20. The van der Waals surface area contributed by atoms with Gasteiger partial charge in [0.2, 0.25) is 5.95 Å². The molecule has 3 aromatic rings. The maximum atomic E-state index is 5.78. The van der Waals surface area contributed by atoms with Crippen LogP contribution >= 0.6 is 0 Å². The van der Waals surface area contributed by atoms with Gasteiger partial charge in [-0.1, -0.05) is 0 Å². The number of hydrogen-bond acceptors (Lipinski definition) is 5. The Kier molecular flexibility index (Phi) is 2.77. The predicted octanol–water partition coefficient (Wildman–Crippen LogP) is 1.69. The van der Waals surface area contributed by atoms with Crippen molar-refractivity contribution in [1.29, 1.82) is 0 Å². The highest BCUT2D eigenvalue weighted by Crippen LogP contribution is 2.32. The molecule has 0 saturated carbocycles. The van der Waals surface area contributed by atoms with Gasteiger partial charge in [0.1, 0.15) is 5.82 Å². The van der Waals surface area contributed by atoms with Gasteiger partial charge in [-0.05, 0) is 31.4 Å². The van der Waals surface area contributed by atoms with Crippen molar-refractivity contribution in [3.63, 3.8) is 0 Å². The topological polar surface area (TPSA) is 88.1 Å². The molecule has 7 nitrogen and oxygen atoms in total. The largest absolute Gasteiger partial charge is 0.366 e. The van der Waals surface area contributed by atoms with E-state index in [0.717, 1.165) is 35.7 Å². The molecule has 3 aromatic heterocycles. The van der Waals surface area contributed by atoms with Crippen LogP contribution in [-0.4, -0.2) is 37.9 Å². The summed E-state index contributed by atoms with van der Waals surface area (Å²) < 4.78 is 1.85. The van der Waals surface area contributed by atoms with E-state index in [9.17, 15) is 0 Å². The molecule has 1 saturated heterocycles. The number of fused-ring (bicyclic) bond motifs is 1. The first-order valence-corrected chi connectivity index (χ1v) is 7.22. The summed E-state index contributed by atoms with van der Waals surface area (Å²) in [4.78, 5) is 6.64. The lowest BCUT2D eigenvalue weighted by Gasteiger charge is -2.30. The normalized spacial score (nSPS) is 15.7. The van der Waals surface area contributed by atoms with Crippen LogP contribution in [0.1, 0.15) is 19.3 Å². The molecule has 1 aliphatic rings.